The van der Waals surface area contributed by atoms with Crippen LogP contribution in [0, 0.1) is 5.92 Å². The van der Waals surface area contributed by atoms with Crippen molar-refractivity contribution in [3.63, 3.8) is 0 Å². The van der Waals surface area contributed by atoms with Crippen LogP contribution >= 0.6 is 0 Å². The van der Waals surface area contributed by atoms with Gasteiger partial charge in [-0.2, -0.15) is 0 Å². The highest BCUT2D eigenvalue weighted by Crippen LogP contribution is 2.29. The lowest BCUT2D eigenvalue weighted by molar-refractivity contribution is -0.673. The van der Waals surface area contributed by atoms with E-state index in [9.17, 15) is 4.79 Å². The molecule has 1 fully saturated rings. The van der Waals surface area contributed by atoms with Crippen molar-refractivity contribution in [3.8, 4) is 0 Å². The minimum atomic E-state index is 0. The van der Waals surface area contributed by atoms with Crippen LogP contribution in [0.5, 0.6) is 0 Å². The molecule has 3 rings (SSSR count). The van der Waals surface area contributed by atoms with E-state index in [0.29, 0.717) is 11.8 Å². The Kier molecular flexibility index (Phi) is 3.16. The minimum absolute atomic E-state index is 0. The van der Waals surface area contributed by atoms with Crippen molar-refractivity contribution in [3.05, 3.63) is 34.2 Å². The fourth-order valence-electron chi connectivity index (χ4n) is 2.86. The molecule has 1 saturated heterocycles. The van der Waals surface area contributed by atoms with Crippen molar-refractivity contribution in [2.75, 3.05) is 13.1 Å². The molecule has 15 heavy (non-hydrogen) atoms. The Morgan fingerprint density at radius 3 is 3.07 bits per heavy atom. The number of aromatic nitrogens is 1. The molecule has 2 N–H and O–H groups in total. The molecule has 82 valence electrons. The summed E-state index contributed by atoms with van der Waals surface area (Å²) in [5.74, 6) is 1.32. The predicted molar refractivity (Wildman–Crippen MR) is 53.2 cm³/mol. The van der Waals surface area contributed by atoms with Gasteiger partial charge >= 0.3 is 0 Å². The molecule has 0 saturated carbocycles. The molecule has 0 spiro atoms. The van der Waals surface area contributed by atoms with Crippen LogP contribution in [-0.4, -0.2) is 17.7 Å². The van der Waals surface area contributed by atoms with E-state index in [1.807, 2.05) is 10.6 Å². The van der Waals surface area contributed by atoms with Crippen LogP contribution in [0.3, 0.4) is 0 Å². The maximum Gasteiger partial charge on any atom is 0.250 e. The lowest BCUT2D eigenvalue weighted by Crippen LogP contribution is -3.00. The first-order valence-corrected chi connectivity index (χ1v) is 5.36. The highest BCUT2D eigenvalue weighted by atomic mass is 127. The Hall–Kier alpha value is -0.360. The van der Waals surface area contributed by atoms with Gasteiger partial charge < -0.3 is 33.9 Å². The number of pyridine rings is 1. The topological polar surface area (TPSA) is 38.6 Å². The van der Waals surface area contributed by atoms with Gasteiger partial charge in [-0.3, -0.25) is 4.79 Å². The van der Waals surface area contributed by atoms with E-state index in [4.69, 9.17) is 0 Å². The van der Waals surface area contributed by atoms with E-state index in [2.05, 4.69) is 11.4 Å². The summed E-state index contributed by atoms with van der Waals surface area (Å²) in [5, 5.41) is 2.39. The van der Waals surface area contributed by atoms with Crippen LogP contribution in [0.25, 0.3) is 0 Å². The zero-order valence-electron chi connectivity index (χ0n) is 8.53. The smallest absolute Gasteiger partial charge is 0.250 e. The van der Waals surface area contributed by atoms with E-state index >= 15 is 0 Å². The van der Waals surface area contributed by atoms with Gasteiger partial charge in [0.05, 0.1) is 13.1 Å². The molecule has 4 heteroatoms. The summed E-state index contributed by atoms with van der Waals surface area (Å²) >= 11 is 0. The van der Waals surface area contributed by atoms with Gasteiger partial charge in [-0.25, -0.2) is 0 Å². The molecule has 3 heterocycles. The van der Waals surface area contributed by atoms with E-state index in [1.165, 1.54) is 18.7 Å². The molecule has 0 aliphatic carbocycles. The highest BCUT2D eigenvalue weighted by Gasteiger charge is 2.32. The molecule has 2 bridgehead atoms. The van der Waals surface area contributed by atoms with E-state index < -0.39 is 0 Å². The minimum Gasteiger partial charge on any atom is -1.00 e. The zero-order chi connectivity index (χ0) is 9.54. The standard InChI is InChI=1S/C11H14N2O.HI/c14-11-3-1-2-10-9-4-8(5-12-6-9)7-13(10)11;/h1-3,8-9,12H,4-7H2;1H/t8-,9+;/m0./s1. The molecule has 2 aliphatic rings. The highest BCUT2D eigenvalue weighted by molar-refractivity contribution is 5.15. The third-order valence-corrected chi connectivity index (χ3v) is 3.51. The fourth-order valence-corrected chi connectivity index (χ4v) is 2.86. The van der Waals surface area contributed by atoms with Crippen LogP contribution in [0.2, 0.25) is 0 Å². The van der Waals surface area contributed by atoms with E-state index in [0.717, 1.165) is 13.1 Å². The first-order chi connectivity index (χ1) is 6.84. The van der Waals surface area contributed by atoms with Gasteiger partial charge in [-0.15, -0.1) is 0 Å². The summed E-state index contributed by atoms with van der Waals surface area (Å²) in [7, 11) is 0. The Labute approximate surface area is 106 Å². The van der Waals surface area contributed by atoms with E-state index in [-0.39, 0.29) is 29.5 Å². The number of quaternary nitrogens is 1. The second-order valence-corrected chi connectivity index (χ2v) is 4.46. The van der Waals surface area contributed by atoms with Crippen molar-refractivity contribution in [1.29, 1.82) is 0 Å². The number of hydrogen-bond acceptors (Lipinski definition) is 1. The van der Waals surface area contributed by atoms with Gasteiger partial charge in [-0.05, 0) is 12.5 Å². The van der Waals surface area contributed by atoms with E-state index in [1.54, 1.807) is 6.07 Å². The fraction of sp³-hybridized carbons (Fsp3) is 0.545. The number of halogens is 1. The number of hydrogen-bond donors (Lipinski definition) is 1. The summed E-state index contributed by atoms with van der Waals surface area (Å²) in [4.78, 5) is 11.6. The average Bonchev–Trinajstić information content (AvgIpc) is 2.20. The van der Waals surface area contributed by atoms with Crippen LogP contribution in [-0.2, 0) is 6.54 Å². The SMILES string of the molecule is O=c1cccc2n1C[C@@H]1C[NH2+]C[C@H]2C1.[I-]. The Bertz CT molecular complexity index is 415. The zero-order valence-corrected chi connectivity index (χ0v) is 10.7. The van der Waals surface area contributed by atoms with Crippen molar-refractivity contribution in [1.82, 2.24) is 4.57 Å². The lowest BCUT2D eigenvalue weighted by Gasteiger charge is -2.35. The van der Waals surface area contributed by atoms with Gasteiger partial charge in [0.15, 0.2) is 0 Å². The summed E-state index contributed by atoms with van der Waals surface area (Å²) < 4.78 is 1.98. The molecule has 0 unspecified atom stereocenters. The van der Waals surface area contributed by atoms with Crippen LogP contribution in [0.15, 0.2) is 23.0 Å². The van der Waals surface area contributed by atoms with Gasteiger partial charge in [-0.1, -0.05) is 6.07 Å². The Morgan fingerprint density at radius 1 is 1.33 bits per heavy atom. The largest absolute Gasteiger partial charge is 1.00 e. The second-order valence-electron chi connectivity index (χ2n) is 4.46. The molecule has 2 aliphatic heterocycles. The third-order valence-electron chi connectivity index (χ3n) is 3.51. The molecular formula is C11H15IN2O. The number of rotatable bonds is 0. The molecule has 0 aromatic carbocycles. The van der Waals surface area contributed by atoms with Crippen molar-refractivity contribution < 1.29 is 29.3 Å². The first kappa shape index (κ1) is 11.1. The second kappa shape index (κ2) is 4.25. The molecule has 2 atom stereocenters. The van der Waals surface area contributed by atoms with Crippen molar-refractivity contribution in [2.24, 2.45) is 5.92 Å². The molecule has 3 nitrogen and oxygen atoms in total. The van der Waals surface area contributed by atoms with Gasteiger partial charge in [0.1, 0.15) is 0 Å². The average molecular weight is 318 g/mol. The van der Waals surface area contributed by atoms with Gasteiger partial charge in [0.2, 0.25) is 0 Å². The van der Waals surface area contributed by atoms with Gasteiger partial charge in [0, 0.05) is 30.1 Å². The monoisotopic (exact) mass is 318 g/mol. The number of nitrogens with two attached hydrogens (primary N) is 1. The Balaban J connectivity index is 0.000000853. The number of fused-ring (bicyclic) bond motifs is 4. The summed E-state index contributed by atoms with van der Waals surface area (Å²) in [5.41, 5.74) is 1.43. The molecule has 1 aromatic heterocycles. The maximum absolute atomic E-state index is 11.6. The Morgan fingerprint density at radius 2 is 2.20 bits per heavy atom. The normalized spacial score (nSPS) is 27.7. The number of piperidine rings is 1. The quantitative estimate of drug-likeness (QED) is 0.496. The number of nitrogens with zero attached hydrogens (tertiary/aromatic N) is 1. The molecule has 1 aromatic rings. The van der Waals surface area contributed by atoms with Crippen LogP contribution < -0.4 is 34.9 Å². The summed E-state index contributed by atoms with van der Waals surface area (Å²) in [6.45, 7) is 3.28. The summed E-state index contributed by atoms with van der Waals surface area (Å²) in [6, 6.07) is 5.68. The maximum atomic E-state index is 11.6. The third kappa shape index (κ3) is 1.85. The lowest BCUT2D eigenvalue weighted by atomic mass is 9.84. The first-order valence-electron chi connectivity index (χ1n) is 5.36. The molecular weight excluding hydrogens is 303 g/mol. The van der Waals surface area contributed by atoms with Crippen LogP contribution in [0.1, 0.15) is 18.0 Å². The van der Waals surface area contributed by atoms with Gasteiger partial charge in [0.25, 0.3) is 5.56 Å². The summed E-state index contributed by atoms with van der Waals surface area (Å²) in [6.07, 6.45) is 1.28. The molecule has 0 radical (unpaired) electrons. The predicted octanol–water partition coefficient (Wildman–Crippen LogP) is -3.47. The van der Waals surface area contributed by atoms with Crippen molar-refractivity contribution in [2.45, 2.75) is 18.9 Å². The molecule has 0 amide bonds. The van der Waals surface area contributed by atoms with Crippen molar-refractivity contribution >= 4 is 0 Å². The van der Waals surface area contributed by atoms with Crippen LogP contribution in [0.4, 0.5) is 0 Å².